The van der Waals surface area contributed by atoms with Crippen LogP contribution in [0, 0.1) is 13.8 Å². The maximum absolute atomic E-state index is 5.72. The molecule has 1 aromatic carbocycles. The van der Waals surface area contributed by atoms with Crippen molar-refractivity contribution in [1.29, 1.82) is 0 Å². The van der Waals surface area contributed by atoms with Gasteiger partial charge in [-0.2, -0.15) is 0 Å². The zero-order chi connectivity index (χ0) is 10.6. The van der Waals surface area contributed by atoms with Gasteiger partial charge in [-0.25, -0.2) is 4.98 Å². The first-order valence-electron chi connectivity index (χ1n) is 5.01. The average molecular weight is 344 g/mol. The Morgan fingerprint density at radius 2 is 1.94 bits per heavy atom. The SMILES string of the molecule is Cc1cc2c(cc1C)-c1nc(N)sc1C2.I. The van der Waals surface area contributed by atoms with Crippen molar-refractivity contribution in [3.05, 3.63) is 33.7 Å². The van der Waals surface area contributed by atoms with Gasteiger partial charge >= 0.3 is 0 Å². The van der Waals surface area contributed by atoms with Crippen molar-refractivity contribution in [2.45, 2.75) is 20.3 Å². The van der Waals surface area contributed by atoms with E-state index in [4.69, 9.17) is 5.73 Å². The van der Waals surface area contributed by atoms with Crippen LogP contribution in [0.2, 0.25) is 0 Å². The number of halogens is 1. The minimum atomic E-state index is 0. The lowest BCUT2D eigenvalue weighted by Gasteiger charge is -2.04. The first-order chi connectivity index (χ1) is 7.15. The summed E-state index contributed by atoms with van der Waals surface area (Å²) < 4.78 is 0. The van der Waals surface area contributed by atoms with E-state index in [2.05, 4.69) is 31.0 Å². The predicted molar refractivity (Wildman–Crippen MR) is 79.7 cm³/mol. The third-order valence-electron chi connectivity index (χ3n) is 3.04. The van der Waals surface area contributed by atoms with E-state index in [0.29, 0.717) is 5.13 Å². The molecule has 0 aliphatic heterocycles. The molecule has 0 bridgehead atoms. The van der Waals surface area contributed by atoms with E-state index in [0.717, 1.165) is 12.1 Å². The summed E-state index contributed by atoms with van der Waals surface area (Å²) in [4.78, 5) is 5.71. The van der Waals surface area contributed by atoms with Crippen LogP contribution in [0.5, 0.6) is 0 Å². The third-order valence-corrected chi connectivity index (χ3v) is 3.92. The van der Waals surface area contributed by atoms with Gasteiger partial charge in [-0.05, 0) is 36.6 Å². The van der Waals surface area contributed by atoms with Gasteiger partial charge in [0.1, 0.15) is 0 Å². The molecule has 1 aliphatic carbocycles. The number of thiazole rings is 1. The standard InChI is InChI=1S/C12H12N2S.HI/c1-6-3-8-5-10-11(14-12(13)15-10)9(8)4-7(6)2;/h3-4H,5H2,1-2H3,(H2,13,14);1H. The zero-order valence-corrected chi connectivity index (χ0v) is 12.3. The van der Waals surface area contributed by atoms with Gasteiger partial charge in [0.05, 0.1) is 5.69 Å². The summed E-state index contributed by atoms with van der Waals surface area (Å²) in [6.45, 7) is 4.30. The molecule has 16 heavy (non-hydrogen) atoms. The Labute approximate surface area is 116 Å². The first-order valence-corrected chi connectivity index (χ1v) is 5.82. The molecule has 2 N–H and O–H groups in total. The maximum Gasteiger partial charge on any atom is 0.180 e. The Hall–Kier alpha value is -0.620. The molecule has 0 unspecified atom stereocenters. The number of hydrogen-bond acceptors (Lipinski definition) is 3. The van der Waals surface area contributed by atoms with Crippen LogP contribution in [0.25, 0.3) is 11.3 Å². The van der Waals surface area contributed by atoms with Crippen molar-refractivity contribution in [1.82, 2.24) is 4.98 Å². The minimum Gasteiger partial charge on any atom is -0.375 e. The van der Waals surface area contributed by atoms with Crippen molar-refractivity contribution < 1.29 is 0 Å². The molecule has 0 fully saturated rings. The topological polar surface area (TPSA) is 38.9 Å². The fourth-order valence-corrected chi connectivity index (χ4v) is 2.99. The Bertz CT molecular complexity index is 560. The van der Waals surface area contributed by atoms with Gasteiger partial charge in [0.15, 0.2) is 5.13 Å². The highest BCUT2D eigenvalue weighted by Gasteiger charge is 2.23. The van der Waals surface area contributed by atoms with Crippen LogP contribution in [0.3, 0.4) is 0 Å². The van der Waals surface area contributed by atoms with Gasteiger partial charge in [-0.1, -0.05) is 6.07 Å². The lowest BCUT2D eigenvalue weighted by atomic mass is 10.0. The van der Waals surface area contributed by atoms with E-state index in [1.54, 1.807) is 11.3 Å². The van der Waals surface area contributed by atoms with Crippen LogP contribution in [-0.2, 0) is 6.42 Å². The molecule has 4 heteroatoms. The molecule has 2 nitrogen and oxygen atoms in total. The molecule has 0 spiro atoms. The van der Waals surface area contributed by atoms with Crippen molar-refractivity contribution in [3.8, 4) is 11.3 Å². The molecule has 1 aliphatic rings. The molecule has 2 aromatic rings. The number of aryl methyl sites for hydroxylation is 2. The summed E-state index contributed by atoms with van der Waals surface area (Å²) in [5.41, 5.74) is 12.2. The van der Waals surface area contributed by atoms with E-state index < -0.39 is 0 Å². The normalized spacial score (nSPS) is 11.9. The molecule has 0 atom stereocenters. The van der Waals surface area contributed by atoms with Crippen molar-refractivity contribution in [2.75, 3.05) is 5.73 Å². The number of anilines is 1. The molecule has 0 saturated carbocycles. The second-order valence-corrected chi connectivity index (χ2v) is 5.21. The van der Waals surface area contributed by atoms with E-state index >= 15 is 0 Å². The highest BCUT2D eigenvalue weighted by Crippen LogP contribution is 2.41. The smallest absolute Gasteiger partial charge is 0.180 e. The second-order valence-electron chi connectivity index (χ2n) is 4.09. The quantitative estimate of drug-likeness (QED) is 0.634. The number of nitrogens with zero attached hydrogens (tertiary/aromatic N) is 1. The van der Waals surface area contributed by atoms with Crippen LogP contribution in [0.4, 0.5) is 5.13 Å². The predicted octanol–water partition coefficient (Wildman–Crippen LogP) is 3.53. The Morgan fingerprint density at radius 3 is 2.69 bits per heavy atom. The number of aromatic nitrogens is 1. The Kier molecular flexibility index (Phi) is 2.96. The van der Waals surface area contributed by atoms with E-state index in [1.807, 2.05) is 0 Å². The van der Waals surface area contributed by atoms with E-state index in [9.17, 15) is 0 Å². The minimum absolute atomic E-state index is 0. The van der Waals surface area contributed by atoms with Gasteiger partial charge in [0.25, 0.3) is 0 Å². The number of hydrogen-bond donors (Lipinski definition) is 1. The largest absolute Gasteiger partial charge is 0.375 e. The molecule has 84 valence electrons. The number of nitrogens with two attached hydrogens (primary N) is 1. The van der Waals surface area contributed by atoms with Crippen LogP contribution in [-0.4, -0.2) is 4.98 Å². The zero-order valence-electron chi connectivity index (χ0n) is 9.20. The van der Waals surface area contributed by atoms with Crippen LogP contribution >= 0.6 is 35.3 Å². The van der Waals surface area contributed by atoms with Crippen LogP contribution < -0.4 is 5.73 Å². The monoisotopic (exact) mass is 344 g/mol. The molecule has 1 aromatic heterocycles. The number of fused-ring (bicyclic) bond motifs is 3. The first kappa shape index (κ1) is 11.9. The summed E-state index contributed by atoms with van der Waals surface area (Å²) in [7, 11) is 0. The Morgan fingerprint density at radius 1 is 1.25 bits per heavy atom. The molecule has 3 rings (SSSR count). The van der Waals surface area contributed by atoms with Gasteiger partial charge in [0, 0.05) is 16.9 Å². The summed E-state index contributed by atoms with van der Waals surface area (Å²) in [5, 5.41) is 0.684. The summed E-state index contributed by atoms with van der Waals surface area (Å²) in [5.74, 6) is 0. The van der Waals surface area contributed by atoms with Crippen molar-refractivity contribution in [2.24, 2.45) is 0 Å². The third kappa shape index (κ3) is 1.64. The summed E-state index contributed by atoms with van der Waals surface area (Å²) in [6.07, 6.45) is 1.00. The van der Waals surface area contributed by atoms with E-state index in [1.165, 1.54) is 27.1 Å². The van der Waals surface area contributed by atoms with Gasteiger partial charge in [0.2, 0.25) is 0 Å². The van der Waals surface area contributed by atoms with Gasteiger partial charge < -0.3 is 5.73 Å². The molecular formula is C12H13IN2S. The molecule has 1 heterocycles. The van der Waals surface area contributed by atoms with Crippen molar-refractivity contribution >= 4 is 40.4 Å². The molecule has 0 amide bonds. The summed E-state index contributed by atoms with van der Waals surface area (Å²) in [6, 6.07) is 4.50. The highest BCUT2D eigenvalue weighted by atomic mass is 127. The van der Waals surface area contributed by atoms with Crippen LogP contribution in [0.15, 0.2) is 12.1 Å². The van der Waals surface area contributed by atoms with Gasteiger partial charge in [-0.15, -0.1) is 35.3 Å². The Balaban J connectivity index is 0.000000963. The second kappa shape index (κ2) is 4.00. The maximum atomic E-state index is 5.72. The fourth-order valence-electron chi connectivity index (χ4n) is 2.12. The fraction of sp³-hybridized carbons (Fsp3) is 0.250. The molecular weight excluding hydrogens is 331 g/mol. The molecule has 0 saturated heterocycles. The summed E-state index contributed by atoms with van der Waals surface area (Å²) >= 11 is 1.61. The number of rotatable bonds is 0. The van der Waals surface area contributed by atoms with Gasteiger partial charge in [-0.3, -0.25) is 0 Å². The lowest BCUT2D eigenvalue weighted by molar-refractivity contribution is 1.25. The highest BCUT2D eigenvalue weighted by molar-refractivity contribution is 14.0. The van der Waals surface area contributed by atoms with E-state index in [-0.39, 0.29) is 24.0 Å². The van der Waals surface area contributed by atoms with Crippen molar-refractivity contribution in [3.63, 3.8) is 0 Å². The average Bonchev–Trinajstić information content (AvgIpc) is 2.64. The lowest BCUT2D eigenvalue weighted by Crippen LogP contribution is -1.88. The van der Waals surface area contributed by atoms with Crippen LogP contribution in [0.1, 0.15) is 21.6 Å². The number of benzene rings is 1. The number of nitrogen functional groups attached to an aromatic ring is 1. The molecule has 0 radical (unpaired) electrons.